The summed E-state index contributed by atoms with van der Waals surface area (Å²) in [6, 6.07) is 0. The third kappa shape index (κ3) is 3.49. The SMILES string of the molecule is C=CC(=C)[SiH2]OC. The Bertz CT molecular complexity index is 78.1. The zero-order chi connectivity index (χ0) is 5.70. The minimum atomic E-state index is -0.466. The highest BCUT2D eigenvalue weighted by Crippen LogP contribution is 1.84. The summed E-state index contributed by atoms with van der Waals surface area (Å²) in [6.07, 6.45) is 1.75. The molecule has 0 spiro atoms. The molecule has 0 aromatic carbocycles. The minimum absolute atomic E-state index is 0.466. The van der Waals surface area contributed by atoms with Crippen LogP contribution in [0.25, 0.3) is 0 Å². The average molecular weight is 114 g/mol. The van der Waals surface area contributed by atoms with Gasteiger partial charge < -0.3 is 4.43 Å². The van der Waals surface area contributed by atoms with E-state index in [1.165, 1.54) is 0 Å². The van der Waals surface area contributed by atoms with Gasteiger partial charge in [0.25, 0.3) is 0 Å². The van der Waals surface area contributed by atoms with E-state index in [0.717, 1.165) is 5.20 Å². The maximum Gasteiger partial charge on any atom is 0.191 e. The minimum Gasteiger partial charge on any atom is -0.422 e. The standard InChI is InChI=1S/C5H10OSi/c1-4-5(2)7-6-3/h4H,1-2,7H2,3H3. The lowest BCUT2D eigenvalue weighted by Gasteiger charge is -1.91. The molecule has 0 radical (unpaired) electrons. The summed E-state index contributed by atoms with van der Waals surface area (Å²) in [5.74, 6) is 0. The van der Waals surface area contributed by atoms with Gasteiger partial charge in [-0.3, -0.25) is 0 Å². The summed E-state index contributed by atoms with van der Waals surface area (Å²) in [7, 11) is 1.23. The Morgan fingerprint density at radius 2 is 2.43 bits per heavy atom. The molecule has 0 aromatic heterocycles. The van der Waals surface area contributed by atoms with Crippen LogP contribution in [0.2, 0.25) is 0 Å². The van der Waals surface area contributed by atoms with Gasteiger partial charge in [-0.2, -0.15) is 0 Å². The molecular weight excluding hydrogens is 104 g/mol. The molecule has 0 amide bonds. The van der Waals surface area contributed by atoms with Gasteiger partial charge in [0, 0.05) is 7.11 Å². The van der Waals surface area contributed by atoms with Gasteiger partial charge in [0.2, 0.25) is 0 Å². The molecule has 40 valence electrons. The van der Waals surface area contributed by atoms with Crippen LogP contribution in [-0.2, 0) is 4.43 Å². The van der Waals surface area contributed by atoms with Crippen molar-refractivity contribution in [1.29, 1.82) is 0 Å². The molecule has 0 saturated carbocycles. The van der Waals surface area contributed by atoms with Crippen LogP contribution < -0.4 is 0 Å². The highest BCUT2D eigenvalue weighted by molar-refractivity contribution is 6.38. The van der Waals surface area contributed by atoms with Gasteiger partial charge in [-0.15, -0.1) is 0 Å². The number of hydrogen-bond acceptors (Lipinski definition) is 1. The summed E-state index contributed by atoms with van der Waals surface area (Å²) in [6.45, 7) is 7.22. The van der Waals surface area contributed by atoms with Gasteiger partial charge in [-0.05, 0) is 5.20 Å². The zero-order valence-corrected chi connectivity index (χ0v) is 6.02. The monoisotopic (exact) mass is 114 g/mol. The summed E-state index contributed by atoms with van der Waals surface area (Å²) < 4.78 is 4.86. The van der Waals surface area contributed by atoms with E-state index in [-0.39, 0.29) is 0 Å². The highest BCUT2D eigenvalue weighted by Gasteiger charge is 1.81. The molecule has 0 saturated heterocycles. The Labute approximate surface area is 46.6 Å². The van der Waals surface area contributed by atoms with E-state index in [1.807, 2.05) is 0 Å². The molecule has 0 bridgehead atoms. The molecule has 7 heavy (non-hydrogen) atoms. The van der Waals surface area contributed by atoms with Gasteiger partial charge in [0.05, 0.1) is 0 Å². The molecule has 0 unspecified atom stereocenters. The Morgan fingerprint density at radius 3 is 2.57 bits per heavy atom. The van der Waals surface area contributed by atoms with Gasteiger partial charge in [-0.1, -0.05) is 19.2 Å². The molecular formula is C5H10OSi. The summed E-state index contributed by atoms with van der Waals surface area (Å²) in [5, 5.41) is 1.06. The second-order valence-electron chi connectivity index (χ2n) is 1.30. The van der Waals surface area contributed by atoms with Crippen molar-refractivity contribution in [1.82, 2.24) is 0 Å². The van der Waals surface area contributed by atoms with Gasteiger partial charge in [-0.25, -0.2) is 0 Å². The van der Waals surface area contributed by atoms with Crippen molar-refractivity contribution in [3.8, 4) is 0 Å². The molecule has 0 aromatic rings. The summed E-state index contributed by atoms with van der Waals surface area (Å²) >= 11 is 0. The molecule has 1 nitrogen and oxygen atoms in total. The van der Waals surface area contributed by atoms with Crippen LogP contribution in [0.3, 0.4) is 0 Å². The molecule has 0 heterocycles. The molecule has 2 heteroatoms. The summed E-state index contributed by atoms with van der Waals surface area (Å²) in [4.78, 5) is 0. The van der Waals surface area contributed by atoms with Crippen molar-refractivity contribution in [2.24, 2.45) is 0 Å². The average Bonchev–Trinajstić information content (AvgIpc) is 1.68. The zero-order valence-electron chi connectivity index (χ0n) is 4.61. The topological polar surface area (TPSA) is 9.23 Å². The first-order chi connectivity index (χ1) is 3.31. The van der Waals surface area contributed by atoms with Crippen LogP contribution in [0.15, 0.2) is 24.4 Å². The fraction of sp³-hybridized carbons (Fsp3) is 0.200. The largest absolute Gasteiger partial charge is 0.422 e. The van der Waals surface area contributed by atoms with E-state index >= 15 is 0 Å². The van der Waals surface area contributed by atoms with Crippen LogP contribution in [0.5, 0.6) is 0 Å². The Balaban J connectivity index is 3.17. The smallest absolute Gasteiger partial charge is 0.191 e. The molecule has 0 fully saturated rings. The number of hydrogen-bond donors (Lipinski definition) is 0. The molecule has 0 rings (SSSR count). The quantitative estimate of drug-likeness (QED) is 0.381. The first-order valence-electron chi connectivity index (χ1n) is 2.10. The van der Waals surface area contributed by atoms with Gasteiger partial charge in [0.15, 0.2) is 9.76 Å². The Morgan fingerprint density at radius 1 is 1.86 bits per heavy atom. The first-order valence-corrected chi connectivity index (χ1v) is 3.39. The molecule has 0 aliphatic heterocycles. The van der Waals surface area contributed by atoms with Crippen molar-refractivity contribution >= 4 is 9.76 Å². The lowest BCUT2D eigenvalue weighted by Crippen LogP contribution is -1.93. The van der Waals surface area contributed by atoms with E-state index in [9.17, 15) is 0 Å². The second-order valence-corrected chi connectivity index (χ2v) is 3.07. The van der Waals surface area contributed by atoms with Gasteiger partial charge >= 0.3 is 0 Å². The first kappa shape index (κ1) is 6.66. The van der Waals surface area contributed by atoms with Crippen molar-refractivity contribution in [2.75, 3.05) is 7.11 Å². The van der Waals surface area contributed by atoms with Crippen molar-refractivity contribution < 1.29 is 4.43 Å². The third-order valence-corrected chi connectivity index (χ3v) is 1.57. The molecule has 0 aliphatic rings. The Hall–Kier alpha value is -0.343. The van der Waals surface area contributed by atoms with Crippen molar-refractivity contribution in [3.05, 3.63) is 24.4 Å². The van der Waals surface area contributed by atoms with Crippen molar-refractivity contribution in [3.63, 3.8) is 0 Å². The fourth-order valence-electron chi connectivity index (χ4n) is 0.244. The maximum atomic E-state index is 4.86. The van der Waals surface area contributed by atoms with Crippen LogP contribution in [0, 0.1) is 0 Å². The maximum absolute atomic E-state index is 4.86. The highest BCUT2D eigenvalue weighted by atomic mass is 28.2. The molecule has 0 atom stereocenters. The van der Waals surface area contributed by atoms with Crippen LogP contribution >= 0.6 is 0 Å². The van der Waals surface area contributed by atoms with E-state index in [4.69, 9.17) is 4.43 Å². The van der Waals surface area contributed by atoms with Crippen LogP contribution in [0.1, 0.15) is 0 Å². The van der Waals surface area contributed by atoms with Crippen molar-refractivity contribution in [2.45, 2.75) is 0 Å². The van der Waals surface area contributed by atoms with E-state index in [0.29, 0.717) is 0 Å². The number of allylic oxidation sites excluding steroid dienone is 2. The lowest BCUT2D eigenvalue weighted by molar-refractivity contribution is 0.448. The lowest BCUT2D eigenvalue weighted by atomic mass is 10.6. The van der Waals surface area contributed by atoms with Crippen LogP contribution in [0.4, 0.5) is 0 Å². The van der Waals surface area contributed by atoms with E-state index in [1.54, 1.807) is 13.2 Å². The Kier molecular flexibility index (Phi) is 3.65. The van der Waals surface area contributed by atoms with E-state index < -0.39 is 9.76 Å². The summed E-state index contributed by atoms with van der Waals surface area (Å²) in [5.41, 5.74) is 0. The third-order valence-electron chi connectivity index (χ3n) is 0.618. The number of rotatable bonds is 3. The van der Waals surface area contributed by atoms with Crippen LogP contribution in [-0.4, -0.2) is 16.9 Å². The van der Waals surface area contributed by atoms with E-state index in [2.05, 4.69) is 13.2 Å². The fourth-order valence-corrected chi connectivity index (χ4v) is 0.733. The second kappa shape index (κ2) is 3.83. The molecule has 0 aliphatic carbocycles. The normalized spacial score (nSPS) is 9.86. The van der Waals surface area contributed by atoms with Gasteiger partial charge in [0.1, 0.15) is 0 Å². The predicted octanol–water partition coefficient (Wildman–Crippen LogP) is 0.416. The molecule has 0 N–H and O–H groups in total. The predicted molar refractivity (Wildman–Crippen MR) is 34.9 cm³/mol.